The SMILES string of the molecule is Cn1ncnc1NC(=O)C1CNC(=O)C1. The highest BCUT2D eigenvalue weighted by molar-refractivity contribution is 5.96. The zero-order valence-corrected chi connectivity index (χ0v) is 8.23. The molecule has 1 aliphatic heterocycles. The molecule has 1 atom stereocenters. The van der Waals surface area contributed by atoms with Crippen molar-refractivity contribution in [1.29, 1.82) is 0 Å². The Labute approximate surface area is 85.9 Å². The van der Waals surface area contributed by atoms with Crippen LogP contribution in [-0.2, 0) is 16.6 Å². The Morgan fingerprint density at radius 2 is 2.53 bits per heavy atom. The molecule has 0 spiro atoms. The largest absolute Gasteiger partial charge is 0.355 e. The molecule has 2 rings (SSSR count). The average molecular weight is 209 g/mol. The molecule has 15 heavy (non-hydrogen) atoms. The van der Waals surface area contributed by atoms with Crippen molar-refractivity contribution in [3.63, 3.8) is 0 Å². The van der Waals surface area contributed by atoms with E-state index >= 15 is 0 Å². The summed E-state index contributed by atoms with van der Waals surface area (Å²) in [5.74, 6) is -0.217. The van der Waals surface area contributed by atoms with Crippen LogP contribution in [0.25, 0.3) is 0 Å². The highest BCUT2D eigenvalue weighted by Gasteiger charge is 2.28. The normalized spacial score (nSPS) is 20.1. The van der Waals surface area contributed by atoms with Crippen LogP contribution in [0.1, 0.15) is 6.42 Å². The van der Waals surface area contributed by atoms with Crippen molar-refractivity contribution < 1.29 is 9.59 Å². The number of carbonyl (C=O) groups is 2. The van der Waals surface area contributed by atoms with Gasteiger partial charge >= 0.3 is 0 Å². The van der Waals surface area contributed by atoms with Crippen molar-refractivity contribution in [2.75, 3.05) is 11.9 Å². The summed E-state index contributed by atoms with van der Waals surface area (Å²) >= 11 is 0. The number of anilines is 1. The van der Waals surface area contributed by atoms with Gasteiger partial charge in [0.05, 0.1) is 5.92 Å². The van der Waals surface area contributed by atoms with E-state index in [1.807, 2.05) is 0 Å². The van der Waals surface area contributed by atoms with Gasteiger partial charge in [0.2, 0.25) is 17.8 Å². The van der Waals surface area contributed by atoms with Gasteiger partial charge in [-0.15, -0.1) is 0 Å². The molecule has 1 aromatic rings. The van der Waals surface area contributed by atoms with Gasteiger partial charge in [0, 0.05) is 20.0 Å². The number of carbonyl (C=O) groups excluding carboxylic acids is 2. The average Bonchev–Trinajstić information content (AvgIpc) is 2.77. The standard InChI is InChI=1S/C8H11N5O2/c1-13-8(10-4-11-13)12-7(15)5-2-6(14)9-3-5/h4-5H,2-3H2,1H3,(H,9,14)(H,10,11,12,15). The van der Waals surface area contributed by atoms with Gasteiger partial charge in [-0.3, -0.25) is 14.9 Å². The van der Waals surface area contributed by atoms with Crippen LogP contribution < -0.4 is 10.6 Å². The minimum atomic E-state index is -0.311. The third-order valence-electron chi connectivity index (χ3n) is 2.29. The van der Waals surface area contributed by atoms with Gasteiger partial charge in [0.15, 0.2) is 0 Å². The molecular weight excluding hydrogens is 198 g/mol. The molecule has 2 amide bonds. The molecule has 7 nitrogen and oxygen atoms in total. The third-order valence-corrected chi connectivity index (χ3v) is 2.29. The molecular formula is C8H11N5O2. The smallest absolute Gasteiger partial charge is 0.232 e. The Morgan fingerprint density at radius 3 is 3.07 bits per heavy atom. The molecule has 80 valence electrons. The van der Waals surface area contributed by atoms with Crippen LogP contribution in [0.15, 0.2) is 6.33 Å². The second-order valence-electron chi connectivity index (χ2n) is 3.40. The van der Waals surface area contributed by atoms with Crippen molar-refractivity contribution in [3.8, 4) is 0 Å². The number of hydrogen-bond acceptors (Lipinski definition) is 4. The van der Waals surface area contributed by atoms with Gasteiger partial charge in [-0.2, -0.15) is 10.1 Å². The van der Waals surface area contributed by atoms with E-state index in [4.69, 9.17) is 0 Å². The Morgan fingerprint density at radius 1 is 1.73 bits per heavy atom. The Bertz CT molecular complexity index is 399. The number of aryl methyl sites for hydroxylation is 1. The quantitative estimate of drug-likeness (QED) is 0.646. The number of nitrogens with one attached hydrogen (secondary N) is 2. The van der Waals surface area contributed by atoms with Crippen LogP contribution in [-0.4, -0.2) is 33.1 Å². The van der Waals surface area contributed by atoms with Crippen LogP contribution in [0, 0.1) is 5.92 Å². The van der Waals surface area contributed by atoms with Crippen molar-refractivity contribution >= 4 is 17.8 Å². The van der Waals surface area contributed by atoms with Crippen molar-refractivity contribution in [3.05, 3.63) is 6.33 Å². The van der Waals surface area contributed by atoms with Crippen molar-refractivity contribution in [2.45, 2.75) is 6.42 Å². The molecule has 0 saturated carbocycles. The summed E-state index contributed by atoms with van der Waals surface area (Å²) in [4.78, 5) is 26.4. The first-order chi connectivity index (χ1) is 7.16. The van der Waals surface area contributed by atoms with Gasteiger partial charge < -0.3 is 5.32 Å². The molecule has 0 aromatic carbocycles. The molecule has 0 bridgehead atoms. The molecule has 1 saturated heterocycles. The van der Waals surface area contributed by atoms with Crippen LogP contribution in [0.3, 0.4) is 0 Å². The highest BCUT2D eigenvalue weighted by atomic mass is 16.2. The summed E-state index contributed by atoms with van der Waals surface area (Å²) in [5, 5.41) is 9.03. The summed E-state index contributed by atoms with van der Waals surface area (Å²) in [7, 11) is 1.68. The highest BCUT2D eigenvalue weighted by Crippen LogP contribution is 2.11. The maximum Gasteiger partial charge on any atom is 0.232 e. The fraction of sp³-hybridized carbons (Fsp3) is 0.500. The van der Waals surface area contributed by atoms with Crippen molar-refractivity contribution in [1.82, 2.24) is 20.1 Å². The molecule has 1 aliphatic rings. The van der Waals surface area contributed by atoms with Crippen LogP contribution in [0.4, 0.5) is 5.95 Å². The Hall–Kier alpha value is -1.92. The maximum absolute atomic E-state index is 11.6. The van der Waals surface area contributed by atoms with Gasteiger partial charge in [0.25, 0.3) is 0 Å². The number of hydrogen-bond donors (Lipinski definition) is 2. The third kappa shape index (κ3) is 1.95. The fourth-order valence-corrected chi connectivity index (χ4v) is 1.41. The maximum atomic E-state index is 11.6. The summed E-state index contributed by atoms with van der Waals surface area (Å²) in [5.41, 5.74) is 0. The minimum Gasteiger partial charge on any atom is -0.355 e. The fourth-order valence-electron chi connectivity index (χ4n) is 1.41. The first-order valence-corrected chi connectivity index (χ1v) is 4.58. The Balaban J connectivity index is 1.98. The van der Waals surface area contributed by atoms with Gasteiger partial charge in [-0.1, -0.05) is 0 Å². The molecule has 1 unspecified atom stereocenters. The lowest BCUT2D eigenvalue weighted by Gasteiger charge is -2.07. The molecule has 2 N–H and O–H groups in total. The summed E-state index contributed by atoms with van der Waals surface area (Å²) in [6.07, 6.45) is 1.59. The predicted octanol–water partition coefficient (Wildman–Crippen LogP) is -1.11. The van der Waals surface area contributed by atoms with E-state index in [2.05, 4.69) is 20.7 Å². The lowest BCUT2D eigenvalue weighted by molar-refractivity contribution is -0.123. The molecule has 0 aliphatic carbocycles. The summed E-state index contributed by atoms with van der Waals surface area (Å²) in [6.45, 7) is 0.391. The lowest BCUT2D eigenvalue weighted by Crippen LogP contribution is -2.26. The number of amides is 2. The van der Waals surface area contributed by atoms with E-state index in [9.17, 15) is 9.59 Å². The van der Waals surface area contributed by atoms with Crippen LogP contribution in [0.2, 0.25) is 0 Å². The molecule has 2 heterocycles. The second kappa shape index (κ2) is 3.68. The van der Waals surface area contributed by atoms with E-state index in [-0.39, 0.29) is 24.2 Å². The monoisotopic (exact) mass is 209 g/mol. The van der Waals surface area contributed by atoms with Gasteiger partial charge in [0.1, 0.15) is 6.33 Å². The zero-order valence-electron chi connectivity index (χ0n) is 8.23. The van der Waals surface area contributed by atoms with Crippen LogP contribution >= 0.6 is 0 Å². The number of nitrogens with zero attached hydrogens (tertiary/aromatic N) is 3. The summed E-state index contributed by atoms with van der Waals surface area (Å²) < 4.78 is 1.46. The van der Waals surface area contributed by atoms with Crippen molar-refractivity contribution in [2.24, 2.45) is 13.0 Å². The first-order valence-electron chi connectivity index (χ1n) is 4.58. The Kier molecular flexibility index (Phi) is 2.36. The van der Waals surface area contributed by atoms with Gasteiger partial charge in [-0.05, 0) is 0 Å². The first kappa shape index (κ1) is 9.63. The van der Waals surface area contributed by atoms with E-state index in [1.165, 1.54) is 11.0 Å². The molecule has 1 fully saturated rings. The minimum absolute atomic E-state index is 0.0897. The number of aromatic nitrogens is 3. The van der Waals surface area contributed by atoms with E-state index < -0.39 is 0 Å². The summed E-state index contributed by atoms with van der Waals surface area (Å²) in [6, 6.07) is 0. The topological polar surface area (TPSA) is 88.9 Å². The van der Waals surface area contributed by atoms with E-state index in [1.54, 1.807) is 7.05 Å². The second-order valence-corrected chi connectivity index (χ2v) is 3.40. The number of rotatable bonds is 2. The molecule has 0 radical (unpaired) electrons. The lowest BCUT2D eigenvalue weighted by atomic mass is 10.1. The van der Waals surface area contributed by atoms with Gasteiger partial charge in [-0.25, -0.2) is 4.68 Å². The van der Waals surface area contributed by atoms with Crippen LogP contribution in [0.5, 0.6) is 0 Å². The zero-order chi connectivity index (χ0) is 10.8. The predicted molar refractivity (Wildman–Crippen MR) is 50.7 cm³/mol. The molecule has 7 heteroatoms. The van der Waals surface area contributed by atoms with E-state index in [0.29, 0.717) is 12.5 Å². The molecule has 1 aromatic heterocycles. The van der Waals surface area contributed by atoms with E-state index in [0.717, 1.165) is 0 Å².